The summed E-state index contributed by atoms with van der Waals surface area (Å²) in [6.07, 6.45) is 7.64. The second-order valence-electron chi connectivity index (χ2n) is 12.4. The van der Waals surface area contributed by atoms with E-state index in [2.05, 4.69) is 49.9 Å². The Morgan fingerprint density at radius 1 is 1.02 bits per heavy atom. The standard InChI is InChI=1S/C33H42N4O6S/c38-31(42-22-10-17-29-33(37(39)43-34-29)44(40,41)27-14-5-2-6-15-27)19-7-18-30-28-16-9-21-35-20-8-13-26(32(28)35)24-36(30)23-25-11-3-1-4-12-25/h1-6,11-12,14-15,26,28,30,32H,7-10,13,16-24H2/t26-,28+,30+,32-/m0/s1. The molecule has 0 aliphatic carbocycles. The van der Waals surface area contributed by atoms with Crippen LogP contribution in [0.25, 0.3) is 0 Å². The number of carbonyl (C=O) groups excluding carboxylic acids is 1. The second kappa shape index (κ2) is 13.8. The van der Waals surface area contributed by atoms with Crippen LogP contribution in [-0.4, -0.2) is 67.7 Å². The number of aromatic nitrogens is 2. The van der Waals surface area contributed by atoms with Crippen molar-refractivity contribution >= 4 is 15.8 Å². The van der Waals surface area contributed by atoms with Gasteiger partial charge in [0.25, 0.3) is 9.84 Å². The molecule has 0 N–H and O–H groups in total. The van der Waals surface area contributed by atoms with Gasteiger partial charge in [-0.05, 0) is 92.5 Å². The third-order valence-corrected chi connectivity index (χ3v) is 11.4. The third kappa shape index (κ3) is 6.69. The Hall–Kier alpha value is -3.28. The van der Waals surface area contributed by atoms with Crippen LogP contribution >= 0.6 is 0 Å². The number of piperidine rings is 3. The molecule has 11 heteroatoms. The zero-order chi connectivity index (χ0) is 30.5. The molecule has 3 fully saturated rings. The summed E-state index contributed by atoms with van der Waals surface area (Å²) in [5, 5.41) is 15.3. The van der Waals surface area contributed by atoms with Gasteiger partial charge >= 0.3 is 11.0 Å². The molecule has 6 rings (SSSR count). The first-order chi connectivity index (χ1) is 21.4. The van der Waals surface area contributed by atoms with E-state index in [0.717, 1.165) is 31.8 Å². The largest absolute Gasteiger partial charge is 0.466 e. The number of carbonyl (C=O) groups is 1. The number of nitrogens with zero attached hydrogens (tertiary/aromatic N) is 4. The highest BCUT2D eigenvalue weighted by Gasteiger charge is 2.48. The first kappa shape index (κ1) is 30.7. The summed E-state index contributed by atoms with van der Waals surface area (Å²) in [4.78, 5) is 18.1. The van der Waals surface area contributed by atoms with E-state index in [4.69, 9.17) is 4.74 Å². The highest BCUT2D eigenvalue weighted by molar-refractivity contribution is 7.91. The van der Waals surface area contributed by atoms with Gasteiger partial charge in [-0.3, -0.25) is 19.2 Å². The molecular formula is C33H42N4O6S. The molecule has 3 aromatic rings. The highest BCUT2D eigenvalue weighted by Crippen LogP contribution is 2.43. The van der Waals surface area contributed by atoms with E-state index in [1.54, 1.807) is 18.2 Å². The Balaban J connectivity index is 1.02. The van der Waals surface area contributed by atoms with Crippen LogP contribution in [0, 0.1) is 17.0 Å². The number of rotatable bonds is 12. The average molecular weight is 623 g/mol. The lowest BCUT2D eigenvalue weighted by Crippen LogP contribution is -2.64. The van der Waals surface area contributed by atoms with Crippen molar-refractivity contribution in [2.24, 2.45) is 11.8 Å². The molecule has 3 saturated heterocycles. The van der Waals surface area contributed by atoms with Gasteiger partial charge in [0, 0.05) is 43.2 Å². The van der Waals surface area contributed by atoms with Crippen molar-refractivity contribution in [2.75, 3.05) is 26.2 Å². The Labute approximate surface area is 259 Å². The van der Waals surface area contributed by atoms with Crippen LogP contribution in [0.4, 0.5) is 0 Å². The molecule has 0 bridgehead atoms. The SMILES string of the molecule is O=C(CCC[C@@H]1[C@H]2CCCN3CCC[C@@H](CN1Cc1ccccc1)[C@@H]23)OCCCc1no[n+]([O-])c1S(=O)(=O)c1ccccc1. The number of hydrogen-bond donors (Lipinski definition) is 0. The maximum Gasteiger partial charge on any atom is 0.316 e. The van der Waals surface area contributed by atoms with Gasteiger partial charge in [0.1, 0.15) is 0 Å². The number of esters is 1. The quantitative estimate of drug-likeness (QED) is 0.167. The summed E-state index contributed by atoms with van der Waals surface area (Å²) in [7, 11) is -4.09. The fraction of sp³-hybridized carbons (Fsp3) is 0.545. The maximum absolute atomic E-state index is 13.0. The van der Waals surface area contributed by atoms with Gasteiger partial charge in [-0.1, -0.05) is 48.5 Å². The van der Waals surface area contributed by atoms with Crippen molar-refractivity contribution in [3.63, 3.8) is 0 Å². The predicted octanol–water partition coefficient (Wildman–Crippen LogP) is 4.16. The second-order valence-corrected chi connectivity index (χ2v) is 14.3. The summed E-state index contributed by atoms with van der Waals surface area (Å²) in [6.45, 7) is 4.62. The first-order valence-electron chi connectivity index (χ1n) is 16.0. The molecule has 10 nitrogen and oxygen atoms in total. The smallest absolute Gasteiger partial charge is 0.316 e. The molecule has 0 amide bonds. The molecule has 2 aromatic carbocycles. The first-order valence-corrected chi connectivity index (χ1v) is 17.5. The number of aryl methyl sites for hydroxylation is 1. The topological polar surface area (TPSA) is 120 Å². The normalized spacial score (nSPS) is 24.1. The Kier molecular flexibility index (Phi) is 9.63. The van der Waals surface area contributed by atoms with Crippen LogP contribution < -0.4 is 4.90 Å². The molecule has 44 heavy (non-hydrogen) atoms. The van der Waals surface area contributed by atoms with Crippen molar-refractivity contribution in [1.29, 1.82) is 0 Å². The minimum absolute atomic E-state index is 0.0132. The van der Waals surface area contributed by atoms with Gasteiger partial charge in [0.15, 0.2) is 0 Å². The number of hydrogen-bond acceptors (Lipinski definition) is 9. The predicted molar refractivity (Wildman–Crippen MR) is 162 cm³/mol. The molecule has 4 atom stereocenters. The van der Waals surface area contributed by atoms with Gasteiger partial charge in [-0.15, -0.1) is 0 Å². The van der Waals surface area contributed by atoms with Crippen molar-refractivity contribution in [3.05, 3.63) is 77.1 Å². The van der Waals surface area contributed by atoms with E-state index in [1.807, 2.05) is 0 Å². The number of sulfone groups is 1. The van der Waals surface area contributed by atoms with Gasteiger partial charge in [-0.2, -0.15) is 0 Å². The van der Waals surface area contributed by atoms with Crippen LogP contribution in [0.15, 0.2) is 75.2 Å². The molecule has 0 unspecified atom stereocenters. The van der Waals surface area contributed by atoms with Crippen molar-refractivity contribution in [1.82, 2.24) is 15.0 Å². The molecule has 0 spiro atoms. The van der Waals surface area contributed by atoms with E-state index in [0.29, 0.717) is 30.8 Å². The molecule has 4 heterocycles. The van der Waals surface area contributed by atoms with Crippen LogP contribution in [0.1, 0.15) is 62.6 Å². The summed E-state index contributed by atoms with van der Waals surface area (Å²) >= 11 is 0. The Morgan fingerprint density at radius 2 is 1.75 bits per heavy atom. The number of likely N-dealkylation sites (tertiary alicyclic amines) is 1. The fourth-order valence-electron chi connectivity index (χ4n) is 7.82. The fourth-order valence-corrected chi connectivity index (χ4v) is 9.24. The van der Waals surface area contributed by atoms with E-state index in [-0.39, 0.29) is 34.5 Å². The minimum atomic E-state index is -4.09. The summed E-state index contributed by atoms with van der Waals surface area (Å²) in [5.41, 5.74) is 1.37. The zero-order valence-corrected chi connectivity index (χ0v) is 25.9. The molecule has 0 saturated carbocycles. The lowest BCUT2D eigenvalue weighted by atomic mass is 9.69. The summed E-state index contributed by atoms with van der Waals surface area (Å²) < 4.78 is 36.1. The highest BCUT2D eigenvalue weighted by atomic mass is 32.2. The van der Waals surface area contributed by atoms with Gasteiger partial charge < -0.3 is 9.94 Å². The molecule has 3 aliphatic heterocycles. The molecule has 236 valence electrons. The van der Waals surface area contributed by atoms with E-state index >= 15 is 0 Å². The van der Waals surface area contributed by atoms with E-state index in [9.17, 15) is 18.4 Å². The van der Waals surface area contributed by atoms with Crippen molar-refractivity contribution in [3.8, 4) is 0 Å². The third-order valence-electron chi connectivity index (χ3n) is 9.65. The molecule has 1 aromatic heterocycles. The van der Waals surface area contributed by atoms with E-state index in [1.165, 1.54) is 56.5 Å². The number of ether oxygens (including phenoxy) is 1. The van der Waals surface area contributed by atoms with Crippen LogP contribution in [0.5, 0.6) is 0 Å². The van der Waals surface area contributed by atoms with Crippen LogP contribution in [0.3, 0.4) is 0 Å². The van der Waals surface area contributed by atoms with Crippen molar-refractivity contribution in [2.45, 2.75) is 86.3 Å². The summed E-state index contributed by atoms with van der Waals surface area (Å²) in [6, 6.07) is 19.5. The lowest BCUT2D eigenvalue weighted by Gasteiger charge is -2.57. The lowest BCUT2D eigenvalue weighted by molar-refractivity contribution is -0.832. The van der Waals surface area contributed by atoms with Gasteiger partial charge in [-0.25, -0.2) is 8.42 Å². The zero-order valence-electron chi connectivity index (χ0n) is 25.1. The molecular weight excluding hydrogens is 580 g/mol. The van der Waals surface area contributed by atoms with Gasteiger partial charge in [0.05, 0.1) is 11.5 Å². The van der Waals surface area contributed by atoms with Crippen molar-refractivity contribution < 1.29 is 27.5 Å². The summed E-state index contributed by atoms with van der Waals surface area (Å²) in [5.74, 6) is 1.10. The molecule has 3 aliphatic rings. The number of benzene rings is 2. The monoisotopic (exact) mass is 622 g/mol. The van der Waals surface area contributed by atoms with Crippen LogP contribution in [-0.2, 0) is 32.3 Å². The van der Waals surface area contributed by atoms with Gasteiger partial charge in [0.2, 0.25) is 5.69 Å². The maximum atomic E-state index is 13.0. The van der Waals surface area contributed by atoms with Crippen LogP contribution in [0.2, 0.25) is 0 Å². The minimum Gasteiger partial charge on any atom is -0.466 e. The molecule has 0 radical (unpaired) electrons. The average Bonchev–Trinajstić information content (AvgIpc) is 3.42. The Bertz CT molecular complexity index is 1500. The van der Waals surface area contributed by atoms with E-state index < -0.39 is 14.9 Å². The Morgan fingerprint density at radius 3 is 2.52 bits per heavy atom.